The zero-order chi connectivity index (χ0) is 19.8. The predicted octanol–water partition coefficient (Wildman–Crippen LogP) is 5.05. The Balaban J connectivity index is 1.69. The summed E-state index contributed by atoms with van der Waals surface area (Å²) in [5.74, 6) is 0. The van der Waals surface area contributed by atoms with E-state index < -0.39 is 11.0 Å². The van der Waals surface area contributed by atoms with Gasteiger partial charge in [0.25, 0.3) is 0 Å². The van der Waals surface area contributed by atoms with Crippen LogP contribution < -0.4 is 15.8 Å². The molecule has 0 radical (unpaired) electrons. The fourth-order valence-corrected chi connectivity index (χ4v) is 4.47. The molecule has 3 aromatic carbocycles. The molecule has 28 heavy (non-hydrogen) atoms. The Morgan fingerprint density at radius 1 is 0.964 bits per heavy atom. The van der Waals surface area contributed by atoms with Crippen molar-refractivity contribution in [2.75, 3.05) is 17.0 Å². The maximum Gasteiger partial charge on any atom is 0.150 e. The fraction of sp³-hybridized carbons (Fsp3) is 0.182. The number of nitrogens with one attached hydrogen (secondary N) is 2. The molecule has 0 aliphatic carbocycles. The van der Waals surface area contributed by atoms with Crippen LogP contribution in [0.4, 0.5) is 11.4 Å². The van der Waals surface area contributed by atoms with Crippen LogP contribution in [-0.2, 0) is 17.5 Å². The van der Waals surface area contributed by atoms with Gasteiger partial charge in [0.15, 0.2) is 0 Å². The van der Waals surface area contributed by atoms with Crippen LogP contribution in [0.2, 0.25) is 0 Å². The second-order valence-electron chi connectivity index (χ2n) is 6.35. The van der Waals surface area contributed by atoms with Gasteiger partial charge in [-0.2, -0.15) is 0 Å². The van der Waals surface area contributed by atoms with E-state index in [1.165, 1.54) is 0 Å². The SMILES string of the molecule is CCCNCc1cc(Sc2cccc(NS(=O)c3ccccc3)c2)ccc1N. The molecule has 0 heterocycles. The van der Waals surface area contributed by atoms with Crippen LogP contribution >= 0.6 is 11.8 Å². The highest BCUT2D eigenvalue weighted by molar-refractivity contribution is 7.99. The first-order valence-corrected chi connectivity index (χ1v) is 11.2. The van der Waals surface area contributed by atoms with E-state index in [9.17, 15) is 4.21 Å². The van der Waals surface area contributed by atoms with Crippen molar-refractivity contribution in [3.8, 4) is 0 Å². The van der Waals surface area contributed by atoms with E-state index in [2.05, 4.69) is 23.0 Å². The van der Waals surface area contributed by atoms with E-state index in [4.69, 9.17) is 5.73 Å². The highest BCUT2D eigenvalue weighted by atomic mass is 32.2. The van der Waals surface area contributed by atoms with Crippen molar-refractivity contribution in [3.05, 3.63) is 78.4 Å². The smallest absolute Gasteiger partial charge is 0.150 e. The van der Waals surface area contributed by atoms with Crippen LogP contribution in [0.15, 0.2) is 87.5 Å². The Hall–Kier alpha value is -2.28. The molecule has 3 rings (SSSR count). The molecule has 0 spiro atoms. The third-order valence-electron chi connectivity index (χ3n) is 4.09. The van der Waals surface area contributed by atoms with Gasteiger partial charge in [-0.3, -0.25) is 0 Å². The molecule has 0 aromatic heterocycles. The van der Waals surface area contributed by atoms with Crippen molar-refractivity contribution < 1.29 is 4.21 Å². The summed E-state index contributed by atoms with van der Waals surface area (Å²) < 4.78 is 15.5. The maximum atomic E-state index is 12.5. The maximum absolute atomic E-state index is 12.5. The van der Waals surface area contributed by atoms with Gasteiger partial charge in [0.1, 0.15) is 11.0 Å². The molecule has 1 unspecified atom stereocenters. The lowest BCUT2D eigenvalue weighted by Crippen LogP contribution is -2.14. The quantitative estimate of drug-likeness (QED) is 0.340. The summed E-state index contributed by atoms with van der Waals surface area (Å²) in [6.45, 7) is 3.89. The standard InChI is InChI=1S/C22H25N3OS2/c1-2-13-24-16-17-14-20(11-12-22(17)23)27-19-8-6-7-18(15-19)25-28(26)21-9-4-3-5-10-21/h3-12,14-15,24-25H,2,13,16,23H2,1H3. The predicted molar refractivity (Wildman–Crippen MR) is 120 cm³/mol. The van der Waals surface area contributed by atoms with Crippen molar-refractivity contribution in [1.29, 1.82) is 0 Å². The van der Waals surface area contributed by atoms with Crippen LogP contribution in [0.5, 0.6) is 0 Å². The lowest BCUT2D eigenvalue weighted by atomic mass is 10.2. The monoisotopic (exact) mass is 411 g/mol. The number of hydrogen-bond donors (Lipinski definition) is 3. The third kappa shape index (κ3) is 5.86. The Bertz CT molecular complexity index is 932. The normalized spacial score (nSPS) is 11.9. The minimum atomic E-state index is -1.28. The number of nitrogens with two attached hydrogens (primary N) is 1. The number of hydrogen-bond acceptors (Lipinski definition) is 4. The summed E-state index contributed by atoms with van der Waals surface area (Å²) in [7, 11) is -1.28. The van der Waals surface area contributed by atoms with Gasteiger partial charge in [-0.1, -0.05) is 43.0 Å². The van der Waals surface area contributed by atoms with Gasteiger partial charge < -0.3 is 15.8 Å². The molecule has 0 fully saturated rings. The topological polar surface area (TPSA) is 67.1 Å². The van der Waals surface area contributed by atoms with Gasteiger partial charge in [0.05, 0.1) is 4.90 Å². The van der Waals surface area contributed by atoms with Crippen LogP contribution in [0.25, 0.3) is 0 Å². The van der Waals surface area contributed by atoms with Crippen molar-refractivity contribution in [3.63, 3.8) is 0 Å². The van der Waals surface area contributed by atoms with Crippen LogP contribution in [0, 0.1) is 0 Å². The minimum Gasteiger partial charge on any atom is -0.398 e. The molecule has 0 aliphatic heterocycles. The highest BCUT2D eigenvalue weighted by Gasteiger charge is 2.06. The summed E-state index contributed by atoms with van der Waals surface area (Å²) in [6, 6.07) is 23.5. The summed E-state index contributed by atoms with van der Waals surface area (Å²) in [5, 5.41) is 3.40. The molecular weight excluding hydrogens is 386 g/mol. The molecular formula is C22H25N3OS2. The molecule has 1 atom stereocenters. The highest BCUT2D eigenvalue weighted by Crippen LogP contribution is 2.31. The van der Waals surface area contributed by atoms with E-state index in [1.807, 2.05) is 66.7 Å². The molecule has 146 valence electrons. The van der Waals surface area contributed by atoms with Gasteiger partial charge in [0, 0.05) is 27.7 Å². The first kappa shape index (κ1) is 20.5. The fourth-order valence-electron chi connectivity index (χ4n) is 2.67. The van der Waals surface area contributed by atoms with Crippen LogP contribution in [0.1, 0.15) is 18.9 Å². The average Bonchev–Trinajstić information content (AvgIpc) is 2.71. The zero-order valence-corrected chi connectivity index (χ0v) is 17.5. The summed E-state index contributed by atoms with van der Waals surface area (Å²) >= 11 is 1.66. The van der Waals surface area contributed by atoms with E-state index in [1.54, 1.807) is 11.8 Å². The molecule has 6 heteroatoms. The van der Waals surface area contributed by atoms with Crippen molar-refractivity contribution >= 4 is 34.1 Å². The molecule has 0 bridgehead atoms. The third-order valence-corrected chi connectivity index (χ3v) is 6.19. The summed E-state index contributed by atoms with van der Waals surface area (Å²) in [4.78, 5) is 2.96. The Morgan fingerprint density at radius 2 is 1.75 bits per heavy atom. The first-order valence-electron chi connectivity index (χ1n) is 9.26. The van der Waals surface area contributed by atoms with Gasteiger partial charge >= 0.3 is 0 Å². The molecule has 0 amide bonds. The second kappa shape index (κ2) is 10.3. The molecule has 0 saturated heterocycles. The Kier molecular flexibility index (Phi) is 7.54. The van der Waals surface area contributed by atoms with Gasteiger partial charge in [-0.25, -0.2) is 4.21 Å². The van der Waals surface area contributed by atoms with E-state index >= 15 is 0 Å². The molecule has 3 aromatic rings. The minimum absolute atomic E-state index is 0.753. The van der Waals surface area contributed by atoms with E-state index in [-0.39, 0.29) is 0 Å². The lowest BCUT2D eigenvalue weighted by molar-refractivity contribution is 0.676. The van der Waals surface area contributed by atoms with Gasteiger partial charge in [-0.05, 0) is 67.1 Å². The van der Waals surface area contributed by atoms with Crippen LogP contribution in [0.3, 0.4) is 0 Å². The van der Waals surface area contributed by atoms with Gasteiger partial charge in [-0.15, -0.1) is 0 Å². The lowest BCUT2D eigenvalue weighted by Gasteiger charge is -2.11. The van der Waals surface area contributed by atoms with E-state index in [0.29, 0.717) is 0 Å². The molecule has 4 N–H and O–H groups in total. The van der Waals surface area contributed by atoms with Crippen molar-refractivity contribution in [2.24, 2.45) is 0 Å². The number of rotatable bonds is 9. The average molecular weight is 412 g/mol. The number of anilines is 2. The largest absolute Gasteiger partial charge is 0.398 e. The van der Waals surface area contributed by atoms with Gasteiger partial charge in [0.2, 0.25) is 0 Å². The Labute approximate surface area is 173 Å². The summed E-state index contributed by atoms with van der Waals surface area (Å²) in [5.41, 5.74) is 8.85. The first-order chi connectivity index (χ1) is 13.7. The van der Waals surface area contributed by atoms with Crippen molar-refractivity contribution in [2.45, 2.75) is 34.6 Å². The van der Waals surface area contributed by atoms with Crippen LogP contribution in [-0.4, -0.2) is 10.8 Å². The number of nitrogen functional groups attached to an aromatic ring is 1. The second-order valence-corrected chi connectivity index (χ2v) is 8.71. The Morgan fingerprint density at radius 3 is 2.54 bits per heavy atom. The van der Waals surface area contributed by atoms with E-state index in [0.717, 1.165) is 51.1 Å². The zero-order valence-electron chi connectivity index (χ0n) is 15.9. The number of benzene rings is 3. The van der Waals surface area contributed by atoms with Crippen molar-refractivity contribution in [1.82, 2.24) is 5.32 Å². The summed E-state index contributed by atoms with van der Waals surface area (Å²) in [6.07, 6.45) is 1.10. The molecule has 0 saturated carbocycles. The molecule has 0 aliphatic rings. The molecule has 4 nitrogen and oxygen atoms in total.